The predicted octanol–water partition coefficient (Wildman–Crippen LogP) is 2.10. The summed E-state index contributed by atoms with van der Waals surface area (Å²) in [7, 11) is 3.67. The van der Waals surface area contributed by atoms with Gasteiger partial charge in [-0.25, -0.2) is 0 Å². The number of aromatic nitrogens is 2. The normalized spacial score (nSPS) is 31.8. The average Bonchev–Trinajstić information content (AvgIpc) is 2.98. The van der Waals surface area contributed by atoms with Crippen molar-refractivity contribution >= 4 is 11.8 Å². The molecule has 4 aliphatic carbocycles. The number of rotatable bonds is 6. The number of nitrogens with one attached hydrogen (secondary N) is 1. The van der Waals surface area contributed by atoms with Gasteiger partial charge in [0.1, 0.15) is 0 Å². The highest BCUT2D eigenvalue weighted by Crippen LogP contribution is 2.60. The molecule has 1 N–H and O–H groups in total. The van der Waals surface area contributed by atoms with E-state index < -0.39 is 0 Å². The van der Waals surface area contributed by atoms with Gasteiger partial charge in [0.05, 0.1) is 6.20 Å². The zero-order chi connectivity index (χ0) is 18.3. The van der Waals surface area contributed by atoms with E-state index in [0.717, 1.165) is 42.6 Å². The number of carbonyl (C=O) groups is 2. The highest BCUT2D eigenvalue weighted by molar-refractivity contribution is 5.84. The lowest BCUT2D eigenvalue weighted by atomic mass is 9.49. The van der Waals surface area contributed by atoms with Gasteiger partial charge < -0.3 is 10.2 Å². The van der Waals surface area contributed by atoms with Crippen LogP contribution in [0.1, 0.15) is 50.5 Å². The number of hydrogen-bond acceptors (Lipinski definition) is 3. The van der Waals surface area contributed by atoms with E-state index in [4.69, 9.17) is 0 Å². The van der Waals surface area contributed by atoms with E-state index >= 15 is 0 Å². The van der Waals surface area contributed by atoms with Crippen LogP contribution in [-0.2, 0) is 23.2 Å². The van der Waals surface area contributed by atoms with Crippen molar-refractivity contribution in [1.29, 1.82) is 0 Å². The maximum absolute atomic E-state index is 12.9. The third-order valence-corrected chi connectivity index (χ3v) is 6.75. The number of aryl methyl sites for hydroxylation is 1. The maximum atomic E-state index is 12.9. The van der Waals surface area contributed by atoms with E-state index in [1.54, 1.807) is 22.8 Å². The Kier molecular flexibility index (Phi) is 4.53. The first-order valence-electron chi connectivity index (χ1n) is 9.93. The monoisotopic (exact) mass is 358 g/mol. The number of nitrogens with zero attached hydrogens (tertiary/aromatic N) is 3. The van der Waals surface area contributed by atoms with Gasteiger partial charge in [0.25, 0.3) is 0 Å². The van der Waals surface area contributed by atoms with Crippen LogP contribution in [0.3, 0.4) is 0 Å². The Morgan fingerprint density at radius 3 is 2.38 bits per heavy atom. The van der Waals surface area contributed by atoms with Crippen molar-refractivity contribution in [1.82, 2.24) is 20.0 Å². The molecule has 0 unspecified atom stereocenters. The summed E-state index contributed by atoms with van der Waals surface area (Å²) in [4.78, 5) is 26.9. The van der Waals surface area contributed by atoms with Crippen LogP contribution in [0.25, 0.3) is 0 Å². The van der Waals surface area contributed by atoms with Crippen molar-refractivity contribution in [2.45, 2.75) is 51.5 Å². The van der Waals surface area contributed by atoms with Crippen molar-refractivity contribution in [3.8, 4) is 0 Å². The highest BCUT2D eigenvalue weighted by atomic mass is 16.2. The summed E-state index contributed by atoms with van der Waals surface area (Å²) < 4.78 is 1.74. The molecular weight excluding hydrogens is 328 g/mol. The summed E-state index contributed by atoms with van der Waals surface area (Å²) in [5.41, 5.74) is 0.889. The topological polar surface area (TPSA) is 67.2 Å². The first kappa shape index (κ1) is 17.6. The number of amides is 2. The quantitative estimate of drug-likeness (QED) is 0.847. The van der Waals surface area contributed by atoms with Gasteiger partial charge >= 0.3 is 0 Å². The number of carbonyl (C=O) groups excluding carboxylic acids is 2. The van der Waals surface area contributed by atoms with Crippen LogP contribution in [0.15, 0.2) is 12.4 Å². The molecular formula is C20H30N4O2. The highest BCUT2D eigenvalue weighted by Gasteiger charge is 2.54. The van der Waals surface area contributed by atoms with E-state index in [2.05, 4.69) is 10.4 Å². The SMILES string of the molecule is CN(Cc1cnn(C)c1)C(=O)CCNC(=O)C12CC3CC(CC(C3)C1)C2. The van der Waals surface area contributed by atoms with E-state index in [9.17, 15) is 9.59 Å². The third-order valence-electron chi connectivity index (χ3n) is 6.75. The Labute approximate surface area is 155 Å². The smallest absolute Gasteiger partial charge is 0.226 e. The van der Waals surface area contributed by atoms with E-state index in [1.807, 2.05) is 13.2 Å². The summed E-state index contributed by atoms with van der Waals surface area (Å²) in [6.07, 6.45) is 11.3. The van der Waals surface area contributed by atoms with Crippen molar-refractivity contribution in [2.24, 2.45) is 30.2 Å². The fraction of sp³-hybridized carbons (Fsp3) is 0.750. The van der Waals surface area contributed by atoms with Crippen molar-refractivity contribution in [2.75, 3.05) is 13.6 Å². The van der Waals surface area contributed by atoms with Gasteiger partial charge in [0.15, 0.2) is 0 Å². The molecule has 0 saturated heterocycles. The van der Waals surface area contributed by atoms with Gasteiger partial charge in [-0.2, -0.15) is 5.10 Å². The lowest BCUT2D eigenvalue weighted by Gasteiger charge is -2.55. The molecule has 4 aliphatic rings. The van der Waals surface area contributed by atoms with Gasteiger partial charge in [0.2, 0.25) is 11.8 Å². The lowest BCUT2D eigenvalue weighted by molar-refractivity contribution is -0.146. The third kappa shape index (κ3) is 3.38. The Morgan fingerprint density at radius 1 is 1.23 bits per heavy atom. The van der Waals surface area contributed by atoms with E-state index in [-0.39, 0.29) is 17.2 Å². The Balaban J connectivity index is 1.25. The minimum absolute atomic E-state index is 0.0552. The molecule has 4 bridgehead atoms. The second-order valence-corrected chi connectivity index (χ2v) is 8.98. The maximum Gasteiger partial charge on any atom is 0.226 e. The summed E-state index contributed by atoms with van der Waals surface area (Å²) in [5, 5.41) is 7.22. The second kappa shape index (κ2) is 6.71. The van der Waals surface area contributed by atoms with Crippen LogP contribution in [0.5, 0.6) is 0 Å². The molecule has 2 amide bonds. The molecule has 1 heterocycles. The summed E-state index contributed by atoms with van der Waals surface area (Å²) in [6, 6.07) is 0. The van der Waals surface area contributed by atoms with Gasteiger partial charge in [-0.15, -0.1) is 0 Å². The van der Waals surface area contributed by atoms with Crippen LogP contribution in [0, 0.1) is 23.2 Å². The van der Waals surface area contributed by atoms with Crippen molar-refractivity contribution in [3.05, 3.63) is 18.0 Å². The van der Waals surface area contributed by atoms with Crippen molar-refractivity contribution in [3.63, 3.8) is 0 Å². The molecule has 4 fully saturated rings. The standard InChI is InChI=1S/C20H30N4O2/c1-23(12-17-11-22-24(2)13-17)18(25)3-4-21-19(26)20-8-14-5-15(9-20)7-16(6-14)10-20/h11,13-16H,3-10,12H2,1-2H3,(H,21,26). The Morgan fingerprint density at radius 2 is 1.85 bits per heavy atom. The zero-order valence-electron chi connectivity index (χ0n) is 15.9. The second-order valence-electron chi connectivity index (χ2n) is 8.98. The van der Waals surface area contributed by atoms with Gasteiger partial charge in [0, 0.05) is 50.8 Å². The van der Waals surface area contributed by atoms with Gasteiger partial charge in [-0.05, 0) is 56.3 Å². The largest absolute Gasteiger partial charge is 0.355 e. The molecule has 5 rings (SSSR count). The molecule has 0 aromatic carbocycles. The molecule has 1 aromatic rings. The molecule has 4 saturated carbocycles. The van der Waals surface area contributed by atoms with Gasteiger partial charge in [-0.1, -0.05) is 0 Å². The molecule has 142 valence electrons. The fourth-order valence-corrected chi connectivity index (χ4v) is 5.97. The number of hydrogen-bond donors (Lipinski definition) is 1. The fourth-order valence-electron chi connectivity index (χ4n) is 5.97. The van der Waals surface area contributed by atoms with Crippen LogP contribution in [-0.4, -0.2) is 40.1 Å². The molecule has 26 heavy (non-hydrogen) atoms. The van der Waals surface area contributed by atoms with Crippen LogP contribution < -0.4 is 5.32 Å². The van der Waals surface area contributed by atoms with Crippen LogP contribution in [0.2, 0.25) is 0 Å². The molecule has 1 aromatic heterocycles. The predicted molar refractivity (Wildman–Crippen MR) is 97.9 cm³/mol. The molecule has 6 nitrogen and oxygen atoms in total. The minimum Gasteiger partial charge on any atom is -0.355 e. The van der Waals surface area contributed by atoms with Crippen molar-refractivity contribution < 1.29 is 9.59 Å². The summed E-state index contributed by atoms with van der Waals surface area (Å²) in [5.74, 6) is 2.55. The molecule has 6 heteroatoms. The zero-order valence-corrected chi connectivity index (χ0v) is 15.9. The molecule has 0 radical (unpaired) electrons. The first-order valence-corrected chi connectivity index (χ1v) is 9.93. The van der Waals surface area contributed by atoms with E-state index in [1.165, 1.54) is 19.3 Å². The Hall–Kier alpha value is -1.85. The van der Waals surface area contributed by atoms with Crippen LogP contribution in [0.4, 0.5) is 0 Å². The van der Waals surface area contributed by atoms with Gasteiger partial charge in [-0.3, -0.25) is 14.3 Å². The van der Waals surface area contributed by atoms with E-state index in [0.29, 0.717) is 19.5 Å². The first-order chi connectivity index (χ1) is 12.4. The van der Waals surface area contributed by atoms with Crippen LogP contribution >= 0.6 is 0 Å². The molecule has 0 atom stereocenters. The average molecular weight is 358 g/mol. The summed E-state index contributed by atoms with van der Waals surface area (Å²) >= 11 is 0. The molecule has 0 aliphatic heterocycles. The Bertz CT molecular complexity index is 660. The summed E-state index contributed by atoms with van der Waals surface area (Å²) in [6.45, 7) is 0.992. The molecule has 0 spiro atoms. The lowest BCUT2D eigenvalue weighted by Crippen LogP contribution is -2.53. The minimum atomic E-state index is -0.126.